The Hall–Kier alpha value is -0.610. The first-order chi connectivity index (χ1) is 7.59. The lowest BCUT2D eigenvalue weighted by Crippen LogP contribution is -2.46. The minimum Gasteiger partial charge on any atom is -0.393 e. The second-order valence-electron chi connectivity index (χ2n) is 5.36. The largest absolute Gasteiger partial charge is 0.393 e. The molecule has 2 fully saturated rings. The van der Waals surface area contributed by atoms with Gasteiger partial charge in [0.15, 0.2) is 0 Å². The van der Waals surface area contributed by atoms with Gasteiger partial charge in [0.2, 0.25) is 5.91 Å². The van der Waals surface area contributed by atoms with Crippen LogP contribution in [-0.4, -0.2) is 40.6 Å². The zero-order valence-electron chi connectivity index (χ0n) is 9.82. The van der Waals surface area contributed by atoms with Crippen LogP contribution in [0.5, 0.6) is 0 Å². The number of carbonyl (C=O) groups excluding carboxylic acids is 1. The lowest BCUT2D eigenvalue weighted by molar-refractivity contribution is -0.134. The van der Waals surface area contributed by atoms with Gasteiger partial charge in [0.05, 0.1) is 6.10 Å². The molecule has 0 aromatic carbocycles. The fraction of sp³-hybridized carbons (Fsp3) is 0.917. The van der Waals surface area contributed by atoms with Crippen LogP contribution in [0.15, 0.2) is 0 Å². The van der Waals surface area contributed by atoms with Crippen molar-refractivity contribution in [1.29, 1.82) is 0 Å². The first kappa shape index (κ1) is 11.9. The maximum absolute atomic E-state index is 12.0. The van der Waals surface area contributed by atoms with E-state index < -0.39 is 0 Å². The predicted molar refractivity (Wildman–Crippen MR) is 61.8 cm³/mol. The third-order valence-corrected chi connectivity index (χ3v) is 3.92. The normalized spacial score (nSPS) is 26.0. The minimum absolute atomic E-state index is 0.177. The van der Waals surface area contributed by atoms with Crippen molar-refractivity contribution in [3.63, 3.8) is 0 Å². The summed E-state index contributed by atoms with van der Waals surface area (Å²) in [7, 11) is 0. The molecule has 4 heteroatoms. The molecule has 1 saturated carbocycles. The van der Waals surface area contributed by atoms with Crippen LogP contribution in [0.3, 0.4) is 0 Å². The van der Waals surface area contributed by atoms with Gasteiger partial charge in [0.1, 0.15) is 0 Å². The molecule has 1 aliphatic heterocycles. The van der Waals surface area contributed by atoms with Gasteiger partial charge in [0, 0.05) is 25.0 Å². The van der Waals surface area contributed by atoms with Gasteiger partial charge in [-0.1, -0.05) is 12.8 Å². The topological polar surface area (TPSA) is 66.6 Å². The van der Waals surface area contributed by atoms with E-state index in [2.05, 4.69) is 0 Å². The number of amides is 1. The van der Waals surface area contributed by atoms with Crippen molar-refractivity contribution in [3.8, 4) is 0 Å². The Morgan fingerprint density at radius 2 is 1.88 bits per heavy atom. The quantitative estimate of drug-likeness (QED) is 0.726. The van der Waals surface area contributed by atoms with Gasteiger partial charge in [-0.15, -0.1) is 0 Å². The molecule has 1 heterocycles. The van der Waals surface area contributed by atoms with Crippen LogP contribution in [0.4, 0.5) is 0 Å². The maximum atomic E-state index is 12.0. The van der Waals surface area contributed by atoms with Crippen molar-refractivity contribution in [2.75, 3.05) is 13.1 Å². The number of carbonyl (C=O) groups is 1. The second kappa shape index (κ2) is 4.72. The molecular weight excluding hydrogens is 204 g/mol. The number of piperidine rings is 1. The van der Waals surface area contributed by atoms with Gasteiger partial charge in [-0.2, -0.15) is 0 Å². The minimum atomic E-state index is -0.243. The molecule has 92 valence electrons. The predicted octanol–water partition coefficient (Wildman–Crippen LogP) is 0.631. The molecule has 0 spiro atoms. The lowest BCUT2D eigenvalue weighted by Gasteiger charge is -2.32. The van der Waals surface area contributed by atoms with E-state index in [1.165, 1.54) is 0 Å². The Labute approximate surface area is 96.8 Å². The molecule has 0 radical (unpaired) electrons. The molecule has 1 amide bonds. The van der Waals surface area contributed by atoms with E-state index in [-0.39, 0.29) is 17.6 Å². The Kier molecular flexibility index (Phi) is 3.50. The third-order valence-electron chi connectivity index (χ3n) is 3.92. The molecule has 1 aliphatic carbocycles. The Morgan fingerprint density at radius 3 is 2.44 bits per heavy atom. The van der Waals surface area contributed by atoms with E-state index in [4.69, 9.17) is 5.73 Å². The Balaban J connectivity index is 1.83. The van der Waals surface area contributed by atoms with Gasteiger partial charge in [-0.05, 0) is 25.7 Å². The van der Waals surface area contributed by atoms with Crippen LogP contribution in [-0.2, 0) is 4.79 Å². The summed E-state index contributed by atoms with van der Waals surface area (Å²) in [6.45, 7) is 1.38. The van der Waals surface area contributed by atoms with Crippen LogP contribution >= 0.6 is 0 Å². The first-order valence-corrected chi connectivity index (χ1v) is 6.34. The summed E-state index contributed by atoms with van der Waals surface area (Å²) in [5.41, 5.74) is 5.95. The molecule has 2 aliphatic rings. The molecule has 3 N–H and O–H groups in total. The number of hydrogen-bond acceptors (Lipinski definition) is 3. The average Bonchev–Trinajstić information content (AvgIpc) is 2.65. The summed E-state index contributed by atoms with van der Waals surface area (Å²) in [6.07, 6.45) is 5.97. The number of aliphatic hydroxyl groups excluding tert-OH is 1. The van der Waals surface area contributed by atoms with Gasteiger partial charge in [-0.25, -0.2) is 0 Å². The first-order valence-electron chi connectivity index (χ1n) is 6.34. The highest BCUT2D eigenvalue weighted by Crippen LogP contribution is 2.30. The number of hydrogen-bond donors (Lipinski definition) is 2. The zero-order chi connectivity index (χ0) is 11.6. The van der Waals surface area contributed by atoms with Crippen molar-refractivity contribution in [3.05, 3.63) is 0 Å². The fourth-order valence-electron chi connectivity index (χ4n) is 2.78. The van der Waals surface area contributed by atoms with Crippen LogP contribution < -0.4 is 5.73 Å². The standard InChI is InChI=1S/C12H22N2O2/c13-12(5-1-2-6-12)9-11(16)14-7-3-10(15)4-8-14/h10,15H,1-9,13H2. The summed E-state index contributed by atoms with van der Waals surface area (Å²) < 4.78 is 0. The Bertz CT molecular complexity index is 254. The van der Waals surface area contributed by atoms with Gasteiger partial charge in [-0.3, -0.25) is 4.79 Å². The van der Waals surface area contributed by atoms with Crippen LogP contribution in [0.2, 0.25) is 0 Å². The highest BCUT2D eigenvalue weighted by Gasteiger charge is 2.33. The van der Waals surface area contributed by atoms with Crippen molar-refractivity contribution in [2.45, 2.75) is 56.6 Å². The van der Waals surface area contributed by atoms with Crippen molar-refractivity contribution in [2.24, 2.45) is 5.73 Å². The number of likely N-dealkylation sites (tertiary alicyclic amines) is 1. The lowest BCUT2D eigenvalue weighted by atomic mass is 9.93. The van der Waals surface area contributed by atoms with Crippen LogP contribution in [0.1, 0.15) is 44.9 Å². The fourth-order valence-corrected chi connectivity index (χ4v) is 2.78. The molecule has 0 aromatic heterocycles. The van der Waals surface area contributed by atoms with E-state index >= 15 is 0 Å². The highest BCUT2D eigenvalue weighted by atomic mass is 16.3. The number of nitrogens with two attached hydrogens (primary N) is 1. The highest BCUT2D eigenvalue weighted by molar-refractivity contribution is 5.77. The SMILES string of the molecule is NC1(CC(=O)N2CCC(O)CC2)CCCC1. The van der Waals surface area contributed by atoms with Gasteiger partial charge in [0.25, 0.3) is 0 Å². The molecule has 2 rings (SSSR count). The van der Waals surface area contributed by atoms with Gasteiger partial charge < -0.3 is 15.7 Å². The molecular formula is C12H22N2O2. The van der Waals surface area contributed by atoms with Crippen molar-refractivity contribution < 1.29 is 9.90 Å². The molecule has 0 bridgehead atoms. The summed E-state index contributed by atoms with van der Waals surface area (Å²) >= 11 is 0. The summed E-state index contributed by atoms with van der Waals surface area (Å²) in [6, 6.07) is 0. The number of aliphatic hydroxyl groups is 1. The Morgan fingerprint density at radius 1 is 1.31 bits per heavy atom. The number of nitrogens with zero attached hydrogens (tertiary/aromatic N) is 1. The van der Waals surface area contributed by atoms with Crippen LogP contribution in [0.25, 0.3) is 0 Å². The van der Waals surface area contributed by atoms with Gasteiger partial charge >= 0.3 is 0 Å². The monoisotopic (exact) mass is 226 g/mol. The second-order valence-corrected chi connectivity index (χ2v) is 5.36. The van der Waals surface area contributed by atoms with E-state index in [1.54, 1.807) is 0 Å². The van der Waals surface area contributed by atoms with E-state index in [0.29, 0.717) is 32.4 Å². The smallest absolute Gasteiger partial charge is 0.224 e. The van der Waals surface area contributed by atoms with E-state index in [0.717, 1.165) is 25.7 Å². The maximum Gasteiger partial charge on any atom is 0.224 e. The summed E-state index contributed by atoms with van der Waals surface area (Å²) in [5, 5.41) is 9.38. The molecule has 16 heavy (non-hydrogen) atoms. The molecule has 0 atom stereocenters. The average molecular weight is 226 g/mol. The van der Waals surface area contributed by atoms with E-state index in [1.807, 2.05) is 4.90 Å². The number of rotatable bonds is 2. The molecule has 4 nitrogen and oxygen atoms in total. The van der Waals surface area contributed by atoms with Crippen LogP contribution in [0, 0.1) is 0 Å². The van der Waals surface area contributed by atoms with Crippen molar-refractivity contribution in [1.82, 2.24) is 4.90 Å². The summed E-state index contributed by atoms with van der Waals surface area (Å²) in [4.78, 5) is 13.9. The van der Waals surface area contributed by atoms with Crippen molar-refractivity contribution >= 4 is 5.91 Å². The molecule has 1 saturated heterocycles. The molecule has 0 unspecified atom stereocenters. The molecule has 0 aromatic rings. The third kappa shape index (κ3) is 2.74. The summed E-state index contributed by atoms with van der Waals surface area (Å²) in [5.74, 6) is 0.177. The zero-order valence-corrected chi connectivity index (χ0v) is 9.82. The van der Waals surface area contributed by atoms with E-state index in [9.17, 15) is 9.90 Å².